The van der Waals surface area contributed by atoms with E-state index in [1.165, 1.54) is 4.90 Å². The fourth-order valence-corrected chi connectivity index (χ4v) is 2.20. The monoisotopic (exact) mass is 296 g/mol. The van der Waals surface area contributed by atoms with Crippen molar-refractivity contribution in [1.82, 2.24) is 0 Å². The highest BCUT2D eigenvalue weighted by Gasteiger charge is 2.28. The van der Waals surface area contributed by atoms with E-state index in [1.54, 1.807) is 12.1 Å². The van der Waals surface area contributed by atoms with Gasteiger partial charge in [-0.2, -0.15) is 0 Å². The second kappa shape index (κ2) is 5.66. The van der Waals surface area contributed by atoms with Crippen molar-refractivity contribution >= 4 is 17.5 Å². The summed E-state index contributed by atoms with van der Waals surface area (Å²) in [5.74, 6) is 1.12. The van der Waals surface area contributed by atoms with Crippen LogP contribution in [-0.4, -0.2) is 55.5 Å². The van der Waals surface area contributed by atoms with Gasteiger partial charge in [0.2, 0.25) is 6.79 Å². The van der Waals surface area contributed by atoms with E-state index in [2.05, 4.69) is 5.32 Å². The van der Waals surface area contributed by atoms with Gasteiger partial charge in [0, 0.05) is 18.7 Å². The maximum atomic E-state index is 11.7. The van der Waals surface area contributed by atoms with E-state index in [1.807, 2.05) is 0 Å². The number of benzene rings is 1. The van der Waals surface area contributed by atoms with Crippen LogP contribution in [0.4, 0.5) is 16.2 Å². The SMILES string of the molecule is O=C1OCCN1c1cc2c(cc1NCC(O)CO)OCO2. The van der Waals surface area contributed by atoms with E-state index < -0.39 is 12.2 Å². The molecule has 0 aromatic heterocycles. The Morgan fingerprint density at radius 1 is 1.29 bits per heavy atom. The number of hydrogen-bond acceptors (Lipinski definition) is 7. The molecular formula is C13H16N2O6. The number of carbonyl (C=O) groups excluding carboxylic acids is 1. The van der Waals surface area contributed by atoms with Crippen LogP contribution in [0.15, 0.2) is 12.1 Å². The molecule has 2 aliphatic rings. The molecule has 1 saturated heterocycles. The van der Waals surface area contributed by atoms with Gasteiger partial charge < -0.3 is 29.7 Å². The second-order valence-electron chi connectivity index (χ2n) is 4.71. The van der Waals surface area contributed by atoms with Crippen LogP contribution in [0.1, 0.15) is 0 Å². The van der Waals surface area contributed by atoms with Crippen molar-refractivity contribution < 1.29 is 29.2 Å². The van der Waals surface area contributed by atoms with Gasteiger partial charge in [-0.3, -0.25) is 4.90 Å². The molecule has 2 heterocycles. The van der Waals surface area contributed by atoms with Crippen molar-refractivity contribution in [2.75, 3.05) is 43.3 Å². The molecule has 0 aliphatic carbocycles. The van der Waals surface area contributed by atoms with Crippen molar-refractivity contribution in [1.29, 1.82) is 0 Å². The molecule has 1 unspecified atom stereocenters. The lowest BCUT2D eigenvalue weighted by atomic mass is 10.2. The number of cyclic esters (lactones) is 1. The van der Waals surface area contributed by atoms with Crippen molar-refractivity contribution in [2.45, 2.75) is 6.10 Å². The molecule has 1 fully saturated rings. The lowest BCUT2D eigenvalue weighted by Crippen LogP contribution is -2.27. The highest BCUT2D eigenvalue weighted by molar-refractivity contribution is 5.94. The lowest BCUT2D eigenvalue weighted by Gasteiger charge is -2.20. The number of rotatable bonds is 5. The van der Waals surface area contributed by atoms with E-state index in [9.17, 15) is 9.90 Å². The Labute approximate surface area is 120 Å². The quantitative estimate of drug-likeness (QED) is 0.710. The van der Waals surface area contributed by atoms with Crippen LogP contribution in [0, 0.1) is 0 Å². The number of fused-ring (bicyclic) bond motifs is 1. The molecule has 3 N–H and O–H groups in total. The minimum absolute atomic E-state index is 0.127. The summed E-state index contributed by atoms with van der Waals surface area (Å²) >= 11 is 0. The zero-order chi connectivity index (χ0) is 14.8. The summed E-state index contributed by atoms with van der Waals surface area (Å²) < 4.78 is 15.6. The highest BCUT2D eigenvalue weighted by Crippen LogP contribution is 2.41. The Kier molecular flexibility index (Phi) is 3.72. The molecule has 114 valence electrons. The molecule has 0 radical (unpaired) electrons. The third-order valence-corrected chi connectivity index (χ3v) is 3.28. The van der Waals surface area contributed by atoms with Gasteiger partial charge >= 0.3 is 6.09 Å². The van der Waals surface area contributed by atoms with Gasteiger partial charge in [0.25, 0.3) is 0 Å². The molecule has 0 spiro atoms. The molecule has 3 rings (SSSR count). The second-order valence-corrected chi connectivity index (χ2v) is 4.71. The Bertz CT molecular complexity index is 550. The molecule has 2 aliphatic heterocycles. The first kappa shape index (κ1) is 13.8. The number of carbonyl (C=O) groups is 1. The number of ether oxygens (including phenoxy) is 3. The molecule has 1 atom stereocenters. The van der Waals surface area contributed by atoms with E-state index >= 15 is 0 Å². The largest absolute Gasteiger partial charge is 0.454 e. The minimum Gasteiger partial charge on any atom is -0.454 e. The topological polar surface area (TPSA) is 100 Å². The van der Waals surface area contributed by atoms with Gasteiger partial charge in [-0.15, -0.1) is 0 Å². The molecule has 8 nitrogen and oxygen atoms in total. The Morgan fingerprint density at radius 3 is 2.71 bits per heavy atom. The van der Waals surface area contributed by atoms with Crippen molar-refractivity contribution in [3.8, 4) is 11.5 Å². The first-order valence-electron chi connectivity index (χ1n) is 6.60. The maximum Gasteiger partial charge on any atom is 0.414 e. The van der Waals surface area contributed by atoms with Gasteiger partial charge in [-0.1, -0.05) is 0 Å². The maximum absolute atomic E-state index is 11.7. The third kappa shape index (κ3) is 2.67. The van der Waals surface area contributed by atoms with Crippen LogP contribution < -0.4 is 19.7 Å². The number of nitrogens with zero attached hydrogens (tertiary/aromatic N) is 1. The van der Waals surface area contributed by atoms with E-state index in [0.717, 1.165) is 0 Å². The van der Waals surface area contributed by atoms with Crippen LogP contribution in [0.2, 0.25) is 0 Å². The van der Waals surface area contributed by atoms with Crippen molar-refractivity contribution in [3.05, 3.63) is 12.1 Å². The van der Waals surface area contributed by atoms with Gasteiger partial charge in [-0.25, -0.2) is 4.79 Å². The summed E-state index contributed by atoms with van der Waals surface area (Å²) in [4.78, 5) is 13.2. The molecular weight excluding hydrogens is 280 g/mol. The molecule has 1 amide bonds. The minimum atomic E-state index is -0.895. The summed E-state index contributed by atoms with van der Waals surface area (Å²) in [5.41, 5.74) is 1.19. The Balaban J connectivity index is 1.90. The third-order valence-electron chi connectivity index (χ3n) is 3.28. The van der Waals surface area contributed by atoms with Crippen molar-refractivity contribution in [3.63, 3.8) is 0 Å². The Morgan fingerprint density at radius 2 is 2.05 bits per heavy atom. The van der Waals surface area contributed by atoms with Crippen molar-refractivity contribution in [2.24, 2.45) is 0 Å². The first-order chi connectivity index (χ1) is 10.2. The van der Waals surface area contributed by atoms with Gasteiger partial charge in [0.1, 0.15) is 6.61 Å². The number of hydrogen-bond donors (Lipinski definition) is 3. The molecule has 1 aromatic carbocycles. The first-order valence-corrected chi connectivity index (χ1v) is 6.60. The molecule has 0 bridgehead atoms. The predicted octanol–water partition coefficient (Wildman–Crippen LogP) is 0.137. The van der Waals surface area contributed by atoms with E-state index in [0.29, 0.717) is 36.0 Å². The summed E-state index contributed by atoms with van der Waals surface area (Å²) in [7, 11) is 0. The fourth-order valence-electron chi connectivity index (χ4n) is 2.20. The van der Waals surface area contributed by atoms with Crippen LogP contribution in [0.5, 0.6) is 11.5 Å². The summed E-state index contributed by atoms with van der Waals surface area (Å²) in [5, 5.41) is 21.3. The van der Waals surface area contributed by atoms with Crippen LogP contribution in [0.25, 0.3) is 0 Å². The molecule has 0 saturated carbocycles. The number of nitrogens with one attached hydrogen (secondary N) is 1. The molecule has 8 heteroatoms. The average Bonchev–Trinajstić information content (AvgIpc) is 3.11. The number of amides is 1. The predicted molar refractivity (Wildman–Crippen MR) is 72.8 cm³/mol. The zero-order valence-corrected chi connectivity index (χ0v) is 11.2. The number of aliphatic hydroxyl groups is 2. The average molecular weight is 296 g/mol. The standard InChI is InChI=1S/C13H16N2O6/c16-6-8(17)5-14-9-3-11-12(21-7-20-11)4-10(9)15-1-2-19-13(15)18/h3-4,8,14,16-17H,1-2,5-7H2. The summed E-state index contributed by atoms with van der Waals surface area (Å²) in [6.45, 7) is 0.689. The number of aliphatic hydroxyl groups excluding tert-OH is 2. The normalized spacial score (nSPS) is 17.8. The van der Waals surface area contributed by atoms with Crippen LogP contribution in [-0.2, 0) is 4.74 Å². The Hall–Kier alpha value is -2.19. The van der Waals surface area contributed by atoms with Gasteiger partial charge in [-0.05, 0) is 0 Å². The van der Waals surface area contributed by atoms with E-state index in [-0.39, 0.29) is 19.9 Å². The molecule has 1 aromatic rings. The van der Waals surface area contributed by atoms with Crippen LogP contribution in [0.3, 0.4) is 0 Å². The zero-order valence-electron chi connectivity index (χ0n) is 11.2. The van der Waals surface area contributed by atoms with Crippen LogP contribution >= 0.6 is 0 Å². The van der Waals surface area contributed by atoms with E-state index in [4.69, 9.17) is 19.3 Å². The summed E-state index contributed by atoms with van der Waals surface area (Å²) in [6.07, 6.45) is -1.33. The van der Waals surface area contributed by atoms with Gasteiger partial charge in [0.15, 0.2) is 11.5 Å². The number of anilines is 2. The molecule has 21 heavy (non-hydrogen) atoms. The lowest BCUT2D eigenvalue weighted by molar-refractivity contribution is 0.105. The fraction of sp³-hybridized carbons (Fsp3) is 0.462. The van der Waals surface area contributed by atoms with Gasteiger partial charge in [0.05, 0.1) is 30.6 Å². The summed E-state index contributed by atoms with van der Waals surface area (Å²) in [6, 6.07) is 3.40. The smallest absolute Gasteiger partial charge is 0.414 e. The highest BCUT2D eigenvalue weighted by atomic mass is 16.7.